The van der Waals surface area contributed by atoms with Crippen LogP contribution in [0, 0.1) is 36.1 Å². The monoisotopic (exact) mass is 544 g/mol. The number of ether oxygens (including phenoxy) is 2. The van der Waals surface area contributed by atoms with Crippen molar-refractivity contribution in [2.75, 3.05) is 11.9 Å². The highest BCUT2D eigenvalue weighted by atomic mass is 19.4. The molecule has 1 aliphatic rings. The summed E-state index contributed by atoms with van der Waals surface area (Å²) in [6, 6.07) is 10.6. The Morgan fingerprint density at radius 1 is 1.15 bits per heavy atom. The van der Waals surface area contributed by atoms with Crippen molar-refractivity contribution in [3.63, 3.8) is 0 Å². The summed E-state index contributed by atoms with van der Waals surface area (Å²) in [5, 5.41) is 10.1. The van der Waals surface area contributed by atoms with Crippen molar-refractivity contribution in [3.05, 3.63) is 35.7 Å². The maximum absolute atomic E-state index is 12.6. The van der Waals surface area contributed by atoms with Gasteiger partial charge in [0.05, 0.1) is 11.8 Å². The van der Waals surface area contributed by atoms with Gasteiger partial charge in [0.15, 0.2) is 5.82 Å². The Labute approximate surface area is 228 Å². The van der Waals surface area contributed by atoms with E-state index in [1.165, 1.54) is 24.3 Å². The molecule has 0 aliphatic heterocycles. The topological polar surface area (TPSA) is 88.3 Å². The van der Waals surface area contributed by atoms with Gasteiger partial charge in [0.25, 0.3) is 0 Å². The molecule has 0 spiro atoms. The standard InChI is InChI=1S/C27H29F3N4O3.C2H6/c1-7-12-34(6)23-17(2)22(19-8-10-20(11-9-19)36-27(28,29)30)32-24(33-23)26(16-31)14-18(15-26)13-21(35)37-25(3,4)5;1-2/h8-11,18H,13-15H2,1-6H3;1-2H3. The van der Waals surface area contributed by atoms with E-state index in [9.17, 15) is 23.2 Å². The second-order valence-corrected chi connectivity index (χ2v) is 10.1. The molecule has 0 radical (unpaired) electrons. The van der Waals surface area contributed by atoms with Crippen LogP contribution in [0.4, 0.5) is 19.0 Å². The Kier molecular flexibility index (Phi) is 9.97. The lowest BCUT2D eigenvalue weighted by molar-refractivity contribution is -0.274. The third-order valence-electron chi connectivity index (χ3n) is 5.87. The molecule has 39 heavy (non-hydrogen) atoms. The summed E-state index contributed by atoms with van der Waals surface area (Å²) in [6.45, 7) is 12.9. The molecular weight excluding hydrogens is 509 g/mol. The highest BCUT2D eigenvalue weighted by Crippen LogP contribution is 2.49. The molecule has 1 aromatic carbocycles. The lowest BCUT2D eigenvalue weighted by atomic mass is 9.61. The molecular formula is C29H35F3N4O3. The Bertz CT molecular complexity index is 1260. The number of esters is 1. The highest BCUT2D eigenvalue weighted by molar-refractivity contribution is 5.71. The van der Waals surface area contributed by atoms with Crippen molar-refractivity contribution >= 4 is 11.8 Å². The first kappa shape index (κ1) is 31.4. The molecule has 1 aliphatic carbocycles. The van der Waals surface area contributed by atoms with Gasteiger partial charge in [-0.15, -0.1) is 13.2 Å². The summed E-state index contributed by atoms with van der Waals surface area (Å²) in [5.41, 5.74) is 0.0454. The minimum atomic E-state index is -4.80. The summed E-state index contributed by atoms with van der Waals surface area (Å²) in [5.74, 6) is 2.84. The number of rotatable bonds is 6. The van der Waals surface area contributed by atoms with Crippen molar-refractivity contribution < 1.29 is 27.4 Å². The summed E-state index contributed by atoms with van der Waals surface area (Å²) in [7, 11) is 1.73. The van der Waals surface area contributed by atoms with Gasteiger partial charge >= 0.3 is 12.3 Å². The molecule has 1 saturated carbocycles. The van der Waals surface area contributed by atoms with Gasteiger partial charge in [0.2, 0.25) is 0 Å². The minimum absolute atomic E-state index is 0.0572. The Hall–Kier alpha value is -3.79. The molecule has 0 atom stereocenters. The fourth-order valence-electron chi connectivity index (χ4n) is 4.37. The predicted molar refractivity (Wildman–Crippen MR) is 143 cm³/mol. The van der Waals surface area contributed by atoms with E-state index in [4.69, 9.17) is 9.72 Å². The van der Waals surface area contributed by atoms with E-state index in [0.717, 1.165) is 0 Å². The Balaban J connectivity index is 0.00000260. The molecule has 2 aromatic rings. The van der Waals surface area contributed by atoms with Gasteiger partial charge < -0.3 is 9.47 Å². The zero-order valence-corrected chi connectivity index (χ0v) is 23.7. The van der Waals surface area contributed by atoms with Crippen molar-refractivity contribution in [2.24, 2.45) is 5.92 Å². The number of benzene rings is 1. The second-order valence-electron chi connectivity index (χ2n) is 10.1. The van der Waals surface area contributed by atoms with E-state index in [1.54, 1.807) is 46.6 Å². The van der Waals surface area contributed by atoms with Gasteiger partial charge in [-0.1, -0.05) is 19.8 Å². The van der Waals surface area contributed by atoms with Crippen LogP contribution in [-0.4, -0.2) is 34.9 Å². The first-order valence-corrected chi connectivity index (χ1v) is 12.7. The number of halogens is 3. The number of alkyl halides is 3. The van der Waals surface area contributed by atoms with E-state index in [-0.39, 0.29) is 29.9 Å². The summed E-state index contributed by atoms with van der Waals surface area (Å²) in [4.78, 5) is 23.3. The lowest BCUT2D eigenvalue weighted by Crippen LogP contribution is -2.43. The number of nitriles is 1. The molecule has 210 valence electrons. The molecule has 0 N–H and O–H groups in total. The van der Waals surface area contributed by atoms with E-state index in [1.807, 2.05) is 13.8 Å². The number of nitrogens with zero attached hydrogens (tertiary/aromatic N) is 4. The van der Waals surface area contributed by atoms with Crippen LogP contribution in [0.15, 0.2) is 24.3 Å². The molecule has 1 fully saturated rings. The minimum Gasteiger partial charge on any atom is -0.460 e. The van der Waals surface area contributed by atoms with Gasteiger partial charge in [0, 0.05) is 30.6 Å². The number of anilines is 1. The maximum atomic E-state index is 12.6. The first-order valence-electron chi connectivity index (χ1n) is 12.7. The highest BCUT2D eigenvalue weighted by Gasteiger charge is 2.50. The fourth-order valence-corrected chi connectivity index (χ4v) is 4.37. The van der Waals surface area contributed by atoms with Crippen LogP contribution in [0.1, 0.15) is 72.2 Å². The van der Waals surface area contributed by atoms with Crippen LogP contribution in [0.25, 0.3) is 11.3 Å². The van der Waals surface area contributed by atoms with Crippen LogP contribution in [0.3, 0.4) is 0 Å². The predicted octanol–water partition coefficient (Wildman–Crippen LogP) is 6.70. The number of aromatic nitrogens is 2. The maximum Gasteiger partial charge on any atom is 0.573 e. The molecule has 0 bridgehead atoms. The van der Waals surface area contributed by atoms with Crippen LogP contribution >= 0.6 is 0 Å². The molecule has 10 heteroatoms. The average molecular weight is 545 g/mol. The Morgan fingerprint density at radius 3 is 2.23 bits per heavy atom. The van der Waals surface area contributed by atoms with Gasteiger partial charge in [-0.2, -0.15) is 5.26 Å². The van der Waals surface area contributed by atoms with Crippen molar-refractivity contribution in [2.45, 2.75) is 85.1 Å². The van der Waals surface area contributed by atoms with E-state index in [2.05, 4.69) is 27.8 Å². The molecule has 1 heterocycles. The van der Waals surface area contributed by atoms with Gasteiger partial charge in [-0.3, -0.25) is 9.69 Å². The number of hydrogen-bond donors (Lipinski definition) is 0. The Morgan fingerprint density at radius 2 is 1.74 bits per heavy atom. The van der Waals surface area contributed by atoms with Crippen molar-refractivity contribution in [1.29, 1.82) is 5.26 Å². The van der Waals surface area contributed by atoms with E-state index < -0.39 is 17.4 Å². The summed E-state index contributed by atoms with van der Waals surface area (Å²) < 4.78 is 47.1. The zero-order chi connectivity index (χ0) is 29.6. The number of carbonyl (C=O) groups excluding carboxylic acids is 1. The van der Waals surface area contributed by atoms with Crippen LogP contribution in [0.5, 0.6) is 5.75 Å². The fraction of sp³-hybridized carbons (Fsp3) is 0.517. The van der Waals surface area contributed by atoms with E-state index in [0.29, 0.717) is 35.5 Å². The molecule has 7 nitrogen and oxygen atoms in total. The molecule has 3 rings (SSSR count). The third-order valence-corrected chi connectivity index (χ3v) is 5.87. The van der Waals surface area contributed by atoms with Crippen molar-refractivity contribution in [1.82, 2.24) is 9.97 Å². The summed E-state index contributed by atoms with van der Waals surface area (Å²) >= 11 is 0. The normalized spacial score (nSPS) is 18.3. The van der Waals surface area contributed by atoms with Crippen LogP contribution in [0.2, 0.25) is 0 Å². The van der Waals surface area contributed by atoms with Crippen LogP contribution < -0.4 is 9.64 Å². The van der Waals surface area contributed by atoms with Crippen LogP contribution in [-0.2, 0) is 14.9 Å². The van der Waals surface area contributed by atoms with Gasteiger partial charge in [0.1, 0.15) is 22.6 Å². The smallest absolute Gasteiger partial charge is 0.460 e. The molecule has 1 aromatic heterocycles. The SMILES string of the molecule is CC.CC#CN(C)c1nc(C2(C#N)CC(CC(=O)OC(C)(C)C)C2)nc(-c2ccc(OC(F)(F)F)cc2)c1C. The number of hydrogen-bond acceptors (Lipinski definition) is 7. The summed E-state index contributed by atoms with van der Waals surface area (Å²) in [6.07, 6.45) is -3.85. The van der Waals surface area contributed by atoms with Gasteiger partial charge in [-0.25, -0.2) is 9.97 Å². The lowest BCUT2D eigenvalue weighted by Gasteiger charge is -2.41. The second kappa shape index (κ2) is 12.4. The molecule has 0 unspecified atom stereocenters. The zero-order valence-electron chi connectivity index (χ0n) is 23.7. The number of carbonyl (C=O) groups is 1. The third kappa shape index (κ3) is 8.10. The molecule has 0 amide bonds. The van der Waals surface area contributed by atoms with Gasteiger partial charge in [-0.05, 0) is 77.6 Å². The first-order chi connectivity index (χ1) is 18.2. The molecule has 0 saturated heterocycles. The largest absolute Gasteiger partial charge is 0.573 e. The average Bonchev–Trinajstić information content (AvgIpc) is 2.81. The van der Waals surface area contributed by atoms with E-state index >= 15 is 0 Å². The van der Waals surface area contributed by atoms with Crippen molar-refractivity contribution in [3.8, 4) is 35.0 Å². The quantitative estimate of drug-likeness (QED) is 0.227.